The van der Waals surface area contributed by atoms with Crippen LogP contribution < -0.4 is 0 Å². The molecule has 0 saturated heterocycles. The molecule has 0 aromatic rings. The average molecular weight is 346 g/mol. The number of esters is 1. The zero-order chi connectivity index (χ0) is 18.0. The van der Waals surface area contributed by atoms with Gasteiger partial charge in [-0.1, -0.05) is 13.8 Å². The Labute approximate surface area is 150 Å². The van der Waals surface area contributed by atoms with Crippen LogP contribution in [-0.2, 0) is 19.1 Å². The van der Waals surface area contributed by atoms with Gasteiger partial charge >= 0.3 is 5.97 Å². The third-order valence-corrected chi connectivity index (χ3v) is 8.83. The highest BCUT2D eigenvalue weighted by Gasteiger charge is 2.64. The first kappa shape index (κ1) is 17.2. The van der Waals surface area contributed by atoms with E-state index in [2.05, 4.69) is 6.92 Å². The highest BCUT2D eigenvalue weighted by Crippen LogP contribution is 2.66. The number of fused-ring (bicyclic) bond motifs is 5. The second kappa shape index (κ2) is 5.65. The molecule has 25 heavy (non-hydrogen) atoms. The molecule has 4 rings (SSSR count). The Morgan fingerprint density at radius 2 is 1.80 bits per heavy atom. The number of carbonyl (C=O) groups excluding carboxylic acids is 3. The Morgan fingerprint density at radius 1 is 1.04 bits per heavy atom. The summed E-state index contributed by atoms with van der Waals surface area (Å²) in [6, 6.07) is 0. The van der Waals surface area contributed by atoms with Crippen LogP contribution in [0, 0.1) is 40.4 Å². The van der Waals surface area contributed by atoms with Crippen LogP contribution in [0.3, 0.4) is 0 Å². The molecule has 138 valence electrons. The molecule has 0 bridgehead atoms. The molecule has 4 fully saturated rings. The van der Waals surface area contributed by atoms with Crippen molar-refractivity contribution < 1.29 is 19.1 Å². The predicted octanol–water partition coefficient (Wildman–Crippen LogP) is 3.57. The summed E-state index contributed by atoms with van der Waals surface area (Å²) in [5.41, 5.74) is -0.418. The number of ketones is 2. The third-order valence-electron chi connectivity index (χ3n) is 8.83. The van der Waals surface area contributed by atoms with Gasteiger partial charge in [0.1, 0.15) is 11.6 Å². The maximum Gasteiger partial charge on any atom is 0.309 e. The standard InChI is InChI=1S/C21H30O4/c1-20-9-8-13(22)10-12(20)4-5-14-15-6-7-16(19(24)25-3)21(15,2)18(23)11-17(14)20/h12,14-17H,4-11H2,1-3H3/t12-,14+,15+,16-,17+,20+,21+/m1/s1. The minimum Gasteiger partial charge on any atom is -0.469 e. The van der Waals surface area contributed by atoms with Crippen molar-refractivity contribution in [1.82, 2.24) is 0 Å². The third kappa shape index (κ3) is 2.21. The van der Waals surface area contributed by atoms with Gasteiger partial charge in [0.15, 0.2) is 0 Å². The van der Waals surface area contributed by atoms with Crippen LogP contribution in [0.15, 0.2) is 0 Å². The van der Waals surface area contributed by atoms with E-state index in [0.29, 0.717) is 48.7 Å². The Bertz CT molecular complexity index is 625. The van der Waals surface area contributed by atoms with Gasteiger partial charge in [-0.25, -0.2) is 0 Å². The van der Waals surface area contributed by atoms with Crippen molar-refractivity contribution in [3.8, 4) is 0 Å². The zero-order valence-corrected chi connectivity index (χ0v) is 15.7. The molecule has 4 heteroatoms. The van der Waals surface area contributed by atoms with Crippen molar-refractivity contribution in [3.63, 3.8) is 0 Å². The van der Waals surface area contributed by atoms with Gasteiger partial charge in [0.25, 0.3) is 0 Å². The summed E-state index contributed by atoms with van der Waals surface area (Å²) in [5.74, 6) is 1.86. The molecule has 0 aromatic heterocycles. The lowest BCUT2D eigenvalue weighted by molar-refractivity contribution is -0.167. The highest BCUT2D eigenvalue weighted by atomic mass is 16.5. The van der Waals surface area contributed by atoms with Crippen LogP contribution in [0.2, 0.25) is 0 Å². The monoisotopic (exact) mass is 346 g/mol. The fourth-order valence-corrected chi connectivity index (χ4v) is 7.28. The van der Waals surface area contributed by atoms with Gasteiger partial charge in [0, 0.05) is 24.7 Å². The van der Waals surface area contributed by atoms with Crippen molar-refractivity contribution in [1.29, 1.82) is 0 Å². The minimum absolute atomic E-state index is 0.122. The van der Waals surface area contributed by atoms with Crippen molar-refractivity contribution in [2.24, 2.45) is 40.4 Å². The van der Waals surface area contributed by atoms with Gasteiger partial charge in [-0.05, 0) is 61.2 Å². The summed E-state index contributed by atoms with van der Waals surface area (Å²) in [5, 5.41) is 0. The molecule has 0 aromatic carbocycles. The van der Waals surface area contributed by atoms with E-state index in [1.807, 2.05) is 6.92 Å². The van der Waals surface area contributed by atoms with Crippen molar-refractivity contribution in [2.45, 2.75) is 65.2 Å². The van der Waals surface area contributed by atoms with Crippen LogP contribution in [0.5, 0.6) is 0 Å². The summed E-state index contributed by atoms with van der Waals surface area (Å²) >= 11 is 0. The van der Waals surface area contributed by atoms with Crippen molar-refractivity contribution in [3.05, 3.63) is 0 Å². The molecule has 0 spiro atoms. The maximum atomic E-state index is 13.3. The van der Waals surface area contributed by atoms with Crippen LogP contribution in [-0.4, -0.2) is 24.6 Å². The second-order valence-electron chi connectivity index (χ2n) is 9.46. The molecule has 0 N–H and O–H groups in total. The summed E-state index contributed by atoms with van der Waals surface area (Å²) in [4.78, 5) is 37.5. The van der Waals surface area contributed by atoms with Crippen LogP contribution in [0.25, 0.3) is 0 Å². The molecule has 4 aliphatic rings. The summed E-state index contributed by atoms with van der Waals surface area (Å²) in [6.45, 7) is 4.37. The summed E-state index contributed by atoms with van der Waals surface area (Å²) < 4.78 is 5.02. The quantitative estimate of drug-likeness (QED) is 0.681. The van der Waals surface area contributed by atoms with Gasteiger partial charge in [0.05, 0.1) is 13.0 Å². The number of Topliss-reactive ketones (excluding diaryl/α,β-unsaturated/α-hetero) is 2. The van der Waals surface area contributed by atoms with Crippen LogP contribution >= 0.6 is 0 Å². The SMILES string of the molecule is COC(=O)[C@H]1CC[C@H]2[C@@H]3CC[C@@H]4CC(=O)CC[C@]4(C)[C@H]3CC(=O)[C@]12C. The molecule has 0 amide bonds. The molecule has 7 atom stereocenters. The van der Waals surface area contributed by atoms with E-state index in [9.17, 15) is 14.4 Å². The number of carbonyl (C=O) groups is 3. The molecule has 4 saturated carbocycles. The number of ether oxygens (including phenoxy) is 1. The van der Waals surface area contributed by atoms with E-state index in [-0.39, 0.29) is 23.1 Å². The highest BCUT2D eigenvalue weighted by molar-refractivity contribution is 5.92. The molecular formula is C21H30O4. The molecule has 0 aliphatic heterocycles. The predicted molar refractivity (Wildman–Crippen MR) is 92.6 cm³/mol. The maximum absolute atomic E-state index is 13.3. The normalized spacial score (nSPS) is 49.2. The second-order valence-corrected chi connectivity index (χ2v) is 9.46. The van der Waals surface area contributed by atoms with E-state index in [1.165, 1.54) is 7.11 Å². The first-order chi connectivity index (χ1) is 11.8. The lowest BCUT2D eigenvalue weighted by Gasteiger charge is -2.59. The number of hydrogen-bond donors (Lipinski definition) is 0. The van der Waals surface area contributed by atoms with Crippen LogP contribution in [0.4, 0.5) is 0 Å². The Hall–Kier alpha value is -1.19. The Kier molecular flexibility index (Phi) is 3.90. The number of hydrogen-bond acceptors (Lipinski definition) is 4. The van der Waals surface area contributed by atoms with Gasteiger partial charge in [-0.15, -0.1) is 0 Å². The Morgan fingerprint density at radius 3 is 2.52 bits per heavy atom. The number of methoxy groups -OCH3 is 1. The lowest BCUT2D eigenvalue weighted by atomic mass is 9.44. The van der Waals surface area contributed by atoms with E-state index >= 15 is 0 Å². The minimum atomic E-state index is -0.540. The fourth-order valence-electron chi connectivity index (χ4n) is 7.28. The van der Waals surface area contributed by atoms with E-state index in [1.54, 1.807) is 0 Å². The topological polar surface area (TPSA) is 60.4 Å². The summed E-state index contributed by atoms with van der Waals surface area (Å²) in [6.07, 6.45) is 6.87. The smallest absolute Gasteiger partial charge is 0.309 e. The zero-order valence-electron chi connectivity index (χ0n) is 15.7. The largest absolute Gasteiger partial charge is 0.469 e. The average Bonchev–Trinajstić information content (AvgIpc) is 2.95. The first-order valence-electron chi connectivity index (χ1n) is 9.95. The lowest BCUT2D eigenvalue weighted by Crippen LogP contribution is -2.57. The van der Waals surface area contributed by atoms with E-state index in [4.69, 9.17) is 4.74 Å². The fraction of sp³-hybridized carbons (Fsp3) is 0.857. The van der Waals surface area contributed by atoms with E-state index < -0.39 is 5.41 Å². The van der Waals surface area contributed by atoms with Gasteiger partial charge in [0.2, 0.25) is 0 Å². The molecular weight excluding hydrogens is 316 g/mol. The van der Waals surface area contributed by atoms with Gasteiger partial charge < -0.3 is 4.74 Å². The molecule has 4 nitrogen and oxygen atoms in total. The summed E-state index contributed by atoms with van der Waals surface area (Å²) in [7, 11) is 1.43. The van der Waals surface area contributed by atoms with Crippen LogP contribution in [0.1, 0.15) is 65.2 Å². The van der Waals surface area contributed by atoms with E-state index in [0.717, 1.165) is 32.1 Å². The molecule has 0 unspecified atom stereocenters. The van der Waals surface area contributed by atoms with Gasteiger partial charge in [-0.3, -0.25) is 14.4 Å². The number of rotatable bonds is 1. The first-order valence-corrected chi connectivity index (χ1v) is 9.95. The van der Waals surface area contributed by atoms with Crippen molar-refractivity contribution >= 4 is 17.5 Å². The molecule has 0 heterocycles. The Balaban J connectivity index is 1.67. The molecule has 4 aliphatic carbocycles. The molecule has 0 radical (unpaired) electrons. The van der Waals surface area contributed by atoms with Gasteiger partial charge in [-0.2, -0.15) is 0 Å². The van der Waals surface area contributed by atoms with Crippen molar-refractivity contribution in [2.75, 3.05) is 7.11 Å².